The van der Waals surface area contributed by atoms with E-state index in [1.54, 1.807) is 6.20 Å². The molecule has 0 radical (unpaired) electrons. The van der Waals surface area contributed by atoms with Crippen LogP contribution in [0.3, 0.4) is 0 Å². The van der Waals surface area contributed by atoms with E-state index in [1.807, 2.05) is 29.8 Å². The largest absolute Gasteiger partial charge is 0.393 e. The molecule has 1 aromatic heterocycles. The van der Waals surface area contributed by atoms with Crippen LogP contribution >= 0.6 is 0 Å². The highest BCUT2D eigenvalue weighted by atomic mass is 16.3. The molecular formula is C20H27N3O2. The molecule has 1 atom stereocenters. The molecule has 0 unspecified atom stereocenters. The number of aliphatic hydroxyl groups excluding tert-OH is 1. The first-order valence-corrected chi connectivity index (χ1v) is 9.13. The summed E-state index contributed by atoms with van der Waals surface area (Å²) in [4.78, 5) is 12.8. The maximum atomic E-state index is 12.8. The number of aromatic nitrogens is 2. The number of carbonyl (C=O) groups is 1. The van der Waals surface area contributed by atoms with Gasteiger partial charge in [-0.2, -0.15) is 5.10 Å². The number of nitrogens with one attached hydrogen (secondary N) is 1. The van der Waals surface area contributed by atoms with Crippen molar-refractivity contribution < 1.29 is 9.90 Å². The van der Waals surface area contributed by atoms with Gasteiger partial charge in [0.15, 0.2) is 0 Å². The number of amides is 1. The van der Waals surface area contributed by atoms with Crippen LogP contribution in [0.1, 0.15) is 47.8 Å². The first kappa shape index (κ1) is 17.7. The number of benzene rings is 1. The highest BCUT2D eigenvalue weighted by molar-refractivity contribution is 5.95. The molecule has 1 fully saturated rings. The number of hydrogen-bond acceptors (Lipinski definition) is 3. The highest BCUT2D eigenvalue weighted by Crippen LogP contribution is 2.32. The Bertz CT molecular complexity index is 705. The summed E-state index contributed by atoms with van der Waals surface area (Å²) in [5.41, 5.74) is 2.76. The molecule has 134 valence electrons. The smallest absolute Gasteiger partial charge is 0.254 e. The zero-order valence-electron chi connectivity index (χ0n) is 15.0. The third kappa shape index (κ3) is 4.10. The van der Waals surface area contributed by atoms with Gasteiger partial charge in [-0.15, -0.1) is 0 Å². The van der Waals surface area contributed by atoms with Gasteiger partial charge in [0.25, 0.3) is 5.91 Å². The molecule has 3 rings (SSSR count). The van der Waals surface area contributed by atoms with Crippen LogP contribution in [0, 0.1) is 12.8 Å². The summed E-state index contributed by atoms with van der Waals surface area (Å²) in [6, 6.07) is 10.2. The van der Waals surface area contributed by atoms with Crippen molar-refractivity contribution in [1.82, 2.24) is 15.1 Å². The molecule has 5 nitrogen and oxygen atoms in total. The summed E-state index contributed by atoms with van der Waals surface area (Å²) in [6.07, 6.45) is 4.72. The molecule has 0 spiro atoms. The van der Waals surface area contributed by atoms with E-state index >= 15 is 0 Å². The Kier molecular flexibility index (Phi) is 5.53. The third-order valence-electron chi connectivity index (χ3n) is 5.12. The predicted octanol–water partition coefficient (Wildman–Crippen LogP) is 2.71. The van der Waals surface area contributed by atoms with Gasteiger partial charge in [0, 0.05) is 18.3 Å². The molecule has 1 aliphatic rings. The first-order valence-electron chi connectivity index (χ1n) is 9.13. The summed E-state index contributed by atoms with van der Waals surface area (Å²) in [5.74, 6) is 0.257. The molecule has 1 amide bonds. The van der Waals surface area contributed by atoms with Crippen molar-refractivity contribution >= 4 is 5.91 Å². The van der Waals surface area contributed by atoms with E-state index in [0.717, 1.165) is 37.9 Å². The Balaban J connectivity index is 1.72. The lowest BCUT2D eigenvalue weighted by Gasteiger charge is -2.38. The van der Waals surface area contributed by atoms with Crippen LogP contribution < -0.4 is 5.32 Å². The number of nitrogens with zero attached hydrogens (tertiary/aromatic N) is 2. The lowest BCUT2D eigenvalue weighted by molar-refractivity contribution is 0.0239. The van der Waals surface area contributed by atoms with E-state index in [9.17, 15) is 9.90 Å². The van der Waals surface area contributed by atoms with Crippen molar-refractivity contribution in [3.8, 4) is 0 Å². The zero-order chi connectivity index (χ0) is 17.8. The number of carbonyl (C=O) groups excluding carboxylic acids is 1. The van der Waals surface area contributed by atoms with Gasteiger partial charge in [0.05, 0.1) is 17.9 Å². The van der Waals surface area contributed by atoms with Crippen LogP contribution in [0.5, 0.6) is 0 Å². The Hall–Kier alpha value is -2.14. The third-order valence-corrected chi connectivity index (χ3v) is 5.12. The molecule has 5 heteroatoms. The summed E-state index contributed by atoms with van der Waals surface area (Å²) >= 11 is 0. The molecule has 2 aromatic rings. The van der Waals surface area contributed by atoms with E-state index in [4.69, 9.17) is 0 Å². The van der Waals surface area contributed by atoms with Crippen LogP contribution in [0.2, 0.25) is 0 Å². The molecule has 1 heterocycles. The lowest BCUT2D eigenvalue weighted by atomic mass is 9.75. The summed E-state index contributed by atoms with van der Waals surface area (Å²) < 4.78 is 1.88. The van der Waals surface area contributed by atoms with E-state index in [2.05, 4.69) is 29.5 Å². The van der Waals surface area contributed by atoms with E-state index in [0.29, 0.717) is 11.5 Å². The summed E-state index contributed by atoms with van der Waals surface area (Å²) in [5, 5.41) is 17.2. The van der Waals surface area contributed by atoms with E-state index < -0.39 is 0 Å². The van der Waals surface area contributed by atoms with Gasteiger partial charge in [-0.3, -0.25) is 9.48 Å². The van der Waals surface area contributed by atoms with Crippen molar-refractivity contribution in [2.24, 2.45) is 5.92 Å². The minimum Gasteiger partial charge on any atom is -0.393 e. The summed E-state index contributed by atoms with van der Waals surface area (Å²) in [6.45, 7) is 4.86. The van der Waals surface area contributed by atoms with Gasteiger partial charge in [0.2, 0.25) is 0 Å². The molecule has 1 aliphatic carbocycles. The maximum absolute atomic E-state index is 12.8. The van der Waals surface area contributed by atoms with Crippen LogP contribution in [0.15, 0.2) is 36.5 Å². The fourth-order valence-electron chi connectivity index (χ4n) is 3.51. The van der Waals surface area contributed by atoms with Crippen LogP contribution in [0.4, 0.5) is 0 Å². The van der Waals surface area contributed by atoms with Crippen molar-refractivity contribution in [2.75, 3.05) is 0 Å². The molecular weight excluding hydrogens is 314 g/mol. The lowest BCUT2D eigenvalue weighted by Crippen LogP contribution is -2.48. The summed E-state index contributed by atoms with van der Waals surface area (Å²) in [7, 11) is 0. The predicted molar refractivity (Wildman–Crippen MR) is 97.4 cm³/mol. The van der Waals surface area contributed by atoms with Gasteiger partial charge < -0.3 is 10.4 Å². The average Bonchev–Trinajstić information content (AvgIpc) is 2.94. The molecule has 25 heavy (non-hydrogen) atoms. The molecule has 1 saturated carbocycles. The van der Waals surface area contributed by atoms with Crippen LogP contribution in [-0.4, -0.2) is 32.9 Å². The van der Waals surface area contributed by atoms with Crippen LogP contribution in [-0.2, 0) is 13.0 Å². The second-order valence-corrected chi connectivity index (χ2v) is 7.02. The average molecular weight is 341 g/mol. The zero-order valence-corrected chi connectivity index (χ0v) is 15.0. The molecule has 1 aromatic carbocycles. The fraction of sp³-hybridized carbons (Fsp3) is 0.500. The van der Waals surface area contributed by atoms with E-state index in [-0.39, 0.29) is 18.1 Å². The Morgan fingerprint density at radius 2 is 2.08 bits per heavy atom. The Morgan fingerprint density at radius 3 is 2.72 bits per heavy atom. The molecule has 0 aliphatic heterocycles. The van der Waals surface area contributed by atoms with Crippen molar-refractivity contribution in [1.29, 1.82) is 0 Å². The normalized spacial score (nSPS) is 20.8. The molecule has 0 saturated heterocycles. The number of rotatable bonds is 7. The maximum Gasteiger partial charge on any atom is 0.254 e. The molecule has 2 N–H and O–H groups in total. The fourth-order valence-corrected chi connectivity index (χ4v) is 3.51. The van der Waals surface area contributed by atoms with Crippen molar-refractivity contribution in [3.63, 3.8) is 0 Å². The quantitative estimate of drug-likeness (QED) is 0.814. The standard InChI is InChI=1S/C20H27N3O2/c1-3-9-23-14(2)18(13-21-23)20(25)22-19(16-11-17(24)12-16)10-15-7-5-4-6-8-15/h4-8,13,16-17,19,24H,3,9-12H2,1-2H3,(H,22,25)/t16?,17?,19-/m0/s1. The topological polar surface area (TPSA) is 67.2 Å². The van der Waals surface area contributed by atoms with Gasteiger partial charge >= 0.3 is 0 Å². The van der Waals surface area contributed by atoms with Gasteiger partial charge in [0.1, 0.15) is 0 Å². The second kappa shape index (κ2) is 7.83. The van der Waals surface area contributed by atoms with E-state index in [1.165, 1.54) is 5.56 Å². The second-order valence-electron chi connectivity index (χ2n) is 7.02. The van der Waals surface area contributed by atoms with Crippen LogP contribution in [0.25, 0.3) is 0 Å². The minimum atomic E-state index is -0.228. The first-order chi connectivity index (χ1) is 12.1. The Morgan fingerprint density at radius 1 is 1.36 bits per heavy atom. The van der Waals surface area contributed by atoms with Crippen molar-refractivity contribution in [2.45, 2.75) is 58.2 Å². The minimum absolute atomic E-state index is 0.0345. The highest BCUT2D eigenvalue weighted by Gasteiger charge is 2.35. The number of aryl methyl sites for hydroxylation is 1. The van der Waals surface area contributed by atoms with Gasteiger partial charge in [-0.25, -0.2) is 0 Å². The Labute approximate surface area is 149 Å². The van der Waals surface area contributed by atoms with Crippen molar-refractivity contribution in [3.05, 3.63) is 53.3 Å². The van der Waals surface area contributed by atoms with Gasteiger partial charge in [-0.05, 0) is 44.1 Å². The number of hydrogen-bond donors (Lipinski definition) is 2. The number of aliphatic hydroxyl groups is 1. The molecule has 0 bridgehead atoms. The monoisotopic (exact) mass is 341 g/mol. The SMILES string of the molecule is CCCn1ncc(C(=O)N[C@@H](Cc2ccccc2)C2CC(O)C2)c1C. The van der Waals surface area contributed by atoms with Gasteiger partial charge in [-0.1, -0.05) is 37.3 Å².